The third-order valence-electron chi connectivity index (χ3n) is 2.29. The Morgan fingerprint density at radius 2 is 1.76 bits per heavy atom. The highest BCUT2D eigenvalue weighted by Crippen LogP contribution is 2.43. The molecule has 0 aliphatic rings. The van der Waals surface area contributed by atoms with E-state index in [1.165, 1.54) is 17.8 Å². The van der Waals surface area contributed by atoms with E-state index >= 15 is 0 Å². The molecule has 0 amide bonds. The minimum absolute atomic E-state index is 0.00365. The van der Waals surface area contributed by atoms with E-state index in [2.05, 4.69) is 4.98 Å². The zero-order chi connectivity index (χ0) is 13.3. The quantitative estimate of drug-likeness (QED) is 0.766. The first-order valence-electron chi connectivity index (χ1n) is 4.64. The average molecular weight is 271 g/mol. The molecule has 0 aliphatic carbocycles. The van der Waals surface area contributed by atoms with E-state index in [0.29, 0.717) is 5.56 Å². The molecule has 17 heavy (non-hydrogen) atoms. The van der Waals surface area contributed by atoms with Crippen molar-refractivity contribution in [2.45, 2.75) is 24.3 Å². The SMILES string of the molecule is CS[C@@H](C)c1ccc(C(F)(F)C(F)(F)F)nc1. The molecule has 0 fully saturated rings. The lowest BCUT2D eigenvalue weighted by Gasteiger charge is -2.19. The number of hydrogen-bond acceptors (Lipinski definition) is 2. The van der Waals surface area contributed by atoms with Gasteiger partial charge in [-0.3, -0.25) is 4.98 Å². The van der Waals surface area contributed by atoms with Gasteiger partial charge in [0, 0.05) is 11.4 Å². The van der Waals surface area contributed by atoms with Gasteiger partial charge in [0.2, 0.25) is 0 Å². The van der Waals surface area contributed by atoms with Crippen molar-refractivity contribution < 1.29 is 22.0 Å². The zero-order valence-corrected chi connectivity index (χ0v) is 9.87. The van der Waals surface area contributed by atoms with E-state index in [1.807, 2.05) is 13.2 Å². The van der Waals surface area contributed by atoms with Crippen LogP contribution in [0.15, 0.2) is 18.3 Å². The van der Waals surface area contributed by atoms with Crippen LogP contribution in [0.3, 0.4) is 0 Å². The number of thioether (sulfide) groups is 1. The summed E-state index contributed by atoms with van der Waals surface area (Å²) in [5.74, 6) is -4.91. The highest BCUT2D eigenvalue weighted by molar-refractivity contribution is 7.98. The van der Waals surface area contributed by atoms with Gasteiger partial charge in [0.25, 0.3) is 0 Å². The smallest absolute Gasteiger partial charge is 0.254 e. The van der Waals surface area contributed by atoms with Crippen LogP contribution in [0.25, 0.3) is 0 Å². The Morgan fingerprint density at radius 3 is 2.12 bits per heavy atom. The van der Waals surface area contributed by atoms with Gasteiger partial charge in [0.1, 0.15) is 5.69 Å². The van der Waals surface area contributed by atoms with E-state index in [0.717, 1.165) is 12.3 Å². The van der Waals surface area contributed by atoms with Crippen molar-refractivity contribution in [3.05, 3.63) is 29.6 Å². The van der Waals surface area contributed by atoms with Crippen LogP contribution >= 0.6 is 11.8 Å². The molecule has 1 aromatic rings. The molecule has 0 unspecified atom stereocenters. The fourth-order valence-electron chi connectivity index (χ4n) is 1.11. The van der Waals surface area contributed by atoms with Crippen molar-refractivity contribution in [2.75, 3.05) is 6.26 Å². The minimum atomic E-state index is -5.62. The second kappa shape index (κ2) is 4.80. The average Bonchev–Trinajstić information content (AvgIpc) is 2.26. The number of nitrogens with zero attached hydrogens (tertiary/aromatic N) is 1. The molecule has 1 nitrogen and oxygen atoms in total. The van der Waals surface area contributed by atoms with Crippen molar-refractivity contribution in [3.63, 3.8) is 0 Å². The summed E-state index contributed by atoms with van der Waals surface area (Å²) in [6.07, 6.45) is -2.76. The number of aromatic nitrogens is 1. The summed E-state index contributed by atoms with van der Waals surface area (Å²) in [6, 6.07) is 1.96. The van der Waals surface area contributed by atoms with Gasteiger partial charge in [-0.15, -0.1) is 0 Å². The summed E-state index contributed by atoms with van der Waals surface area (Å²) in [5, 5.41) is -0.00365. The van der Waals surface area contributed by atoms with Crippen molar-refractivity contribution in [1.82, 2.24) is 4.98 Å². The molecule has 0 aliphatic heterocycles. The molecule has 0 N–H and O–H groups in total. The summed E-state index contributed by atoms with van der Waals surface area (Å²) in [5.41, 5.74) is -0.665. The van der Waals surface area contributed by atoms with Gasteiger partial charge in [0.05, 0.1) is 0 Å². The lowest BCUT2D eigenvalue weighted by molar-refractivity contribution is -0.290. The molecular weight excluding hydrogens is 261 g/mol. The summed E-state index contributed by atoms with van der Waals surface area (Å²) in [6.45, 7) is 1.81. The lowest BCUT2D eigenvalue weighted by Crippen LogP contribution is -2.34. The van der Waals surface area contributed by atoms with Gasteiger partial charge >= 0.3 is 12.1 Å². The Morgan fingerprint density at radius 1 is 1.18 bits per heavy atom. The van der Waals surface area contributed by atoms with Gasteiger partial charge in [-0.25, -0.2) is 0 Å². The van der Waals surface area contributed by atoms with Crippen molar-refractivity contribution in [2.24, 2.45) is 0 Å². The number of alkyl halides is 5. The largest absolute Gasteiger partial charge is 0.459 e. The summed E-state index contributed by atoms with van der Waals surface area (Å²) >= 11 is 1.45. The maximum atomic E-state index is 12.9. The highest BCUT2D eigenvalue weighted by atomic mass is 32.2. The van der Waals surface area contributed by atoms with Crippen LogP contribution in [0.2, 0.25) is 0 Å². The Hall–Kier alpha value is -0.850. The van der Waals surface area contributed by atoms with E-state index in [-0.39, 0.29) is 5.25 Å². The first kappa shape index (κ1) is 14.2. The molecular formula is C10H10F5NS. The molecule has 1 aromatic heterocycles. The molecule has 0 saturated heterocycles. The second-order valence-electron chi connectivity index (χ2n) is 3.43. The zero-order valence-electron chi connectivity index (χ0n) is 9.05. The maximum Gasteiger partial charge on any atom is 0.459 e. The lowest BCUT2D eigenvalue weighted by atomic mass is 10.1. The van der Waals surface area contributed by atoms with E-state index < -0.39 is 17.8 Å². The van der Waals surface area contributed by atoms with Crippen molar-refractivity contribution in [1.29, 1.82) is 0 Å². The van der Waals surface area contributed by atoms with Crippen molar-refractivity contribution in [3.8, 4) is 0 Å². The van der Waals surface area contributed by atoms with E-state index in [9.17, 15) is 22.0 Å². The number of pyridine rings is 1. The Balaban J connectivity index is 3.03. The molecule has 0 spiro atoms. The summed E-state index contributed by atoms with van der Waals surface area (Å²) in [4.78, 5) is 3.20. The van der Waals surface area contributed by atoms with Crippen LogP contribution in [0.1, 0.15) is 23.4 Å². The van der Waals surface area contributed by atoms with Gasteiger partial charge in [-0.1, -0.05) is 6.07 Å². The minimum Gasteiger partial charge on any atom is -0.254 e. The van der Waals surface area contributed by atoms with Gasteiger partial charge in [-0.2, -0.15) is 33.7 Å². The van der Waals surface area contributed by atoms with Gasteiger partial charge in [-0.05, 0) is 24.8 Å². The molecule has 96 valence electrons. The fourth-order valence-corrected chi connectivity index (χ4v) is 1.52. The van der Waals surface area contributed by atoms with Crippen LogP contribution in [0.4, 0.5) is 22.0 Å². The van der Waals surface area contributed by atoms with Crippen LogP contribution in [-0.2, 0) is 5.92 Å². The molecule has 0 saturated carbocycles. The Kier molecular flexibility index (Phi) is 4.01. The van der Waals surface area contributed by atoms with Crippen LogP contribution in [-0.4, -0.2) is 17.4 Å². The molecule has 7 heteroatoms. The first-order chi connectivity index (χ1) is 7.70. The summed E-state index contributed by atoms with van der Waals surface area (Å²) in [7, 11) is 0. The van der Waals surface area contributed by atoms with Crippen LogP contribution in [0.5, 0.6) is 0 Å². The predicted octanol–water partition coefficient (Wildman–Crippen LogP) is 4.16. The molecule has 0 aromatic carbocycles. The highest BCUT2D eigenvalue weighted by Gasteiger charge is 2.59. The monoisotopic (exact) mass is 271 g/mol. The van der Waals surface area contributed by atoms with Gasteiger partial charge < -0.3 is 0 Å². The summed E-state index contributed by atoms with van der Waals surface area (Å²) < 4.78 is 61.9. The first-order valence-corrected chi connectivity index (χ1v) is 5.92. The fraction of sp³-hybridized carbons (Fsp3) is 0.500. The number of halogens is 5. The second-order valence-corrected chi connectivity index (χ2v) is 4.61. The number of hydrogen-bond donors (Lipinski definition) is 0. The normalized spacial score (nSPS) is 14.8. The van der Waals surface area contributed by atoms with E-state index in [4.69, 9.17) is 0 Å². The molecule has 0 bridgehead atoms. The molecule has 1 heterocycles. The number of rotatable bonds is 3. The Labute approximate surface area is 99.4 Å². The molecule has 1 rings (SSSR count). The Bertz CT molecular complexity index is 373. The predicted molar refractivity (Wildman–Crippen MR) is 56.1 cm³/mol. The third kappa shape index (κ3) is 2.88. The molecule has 1 atom stereocenters. The molecule has 0 radical (unpaired) electrons. The maximum absolute atomic E-state index is 12.9. The van der Waals surface area contributed by atoms with E-state index in [1.54, 1.807) is 0 Å². The van der Waals surface area contributed by atoms with Crippen LogP contribution in [0, 0.1) is 0 Å². The topological polar surface area (TPSA) is 12.9 Å². The third-order valence-corrected chi connectivity index (χ3v) is 3.27. The van der Waals surface area contributed by atoms with Crippen LogP contribution < -0.4 is 0 Å². The van der Waals surface area contributed by atoms with Gasteiger partial charge in [0.15, 0.2) is 0 Å². The van der Waals surface area contributed by atoms with Crippen molar-refractivity contribution >= 4 is 11.8 Å². The standard InChI is InChI=1S/C10H10F5NS/c1-6(17-2)7-3-4-8(16-5-7)9(11,12)10(13,14)15/h3-6H,1-2H3/t6-/m0/s1.